The fraction of sp³-hybridized carbons (Fsp3) is 0.647. The van der Waals surface area contributed by atoms with Crippen molar-refractivity contribution < 1.29 is 14.6 Å². The van der Waals surface area contributed by atoms with Gasteiger partial charge in [-0.25, -0.2) is 0 Å². The standard InChI is InChI=1S/C17H27NO3/c1-3-18-17-7-5-6-13-8-9-15(10-16(13)17)21-12-14(19)11-20-4-2/h8-10,14,17-19H,3-7,11-12H2,1-2H3. The molecular formula is C17H27NO3. The van der Waals surface area contributed by atoms with Crippen LogP contribution in [0.25, 0.3) is 0 Å². The number of aryl methyl sites for hydroxylation is 1. The van der Waals surface area contributed by atoms with Crippen molar-refractivity contribution in [3.63, 3.8) is 0 Å². The second kappa shape index (κ2) is 8.37. The van der Waals surface area contributed by atoms with E-state index in [1.54, 1.807) is 0 Å². The first-order valence-corrected chi connectivity index (χ1v) is 7.99. The quantitative estimate of drug-likeness (QED) is 0.773. The lowest BCUT2D eigenvalue weighted by molar-refractivity contribution is 0.0164. The molecular weight excluding hydrogens is 266 g/mol. The third-order valence-electron chi connectivity index (χ3n) is 3.84. The van der Waals surface area contributed by atoms with Gasteiger partial charge < -0.3 is 19.9 Å². The van der Waals surface area contributed by atoms with Gasteiger partial charge in [-0.1, -0.05) is 13.0 Å². The van der Waals surface area contributed by atoms with Crippen LogP contribution in [0.15, 0.2) is 18.2 Å². The van der Waals surface area contributed by atoms with Gasteiger partial charge in [0.2, 0.25) is 0 Å². The van der Waals surface area contributed by atoms with Crippen LogP contribution in [0, 0.1) is 0 Å². The predicted molar refractivity (Wildman–Crippen MR) is 83.8 cm³/mol. The minimum atomic E-state index is -0.578. The molecule has 0 fully saturated rings. The Labute approximate surface area is 127 Å². The molecule has 0 radical (unpaired) electrons. The molecule has 1 aromatic carbocycles. The molecule has 0 amide bonds. The molecule has 1 aromatic rings. The first-order valence-electron chi connectivity index (χ1n) is 7.99. The lowest BCUT2D eigenvalue weighted by Gasteiger charge is -2.26. The number of nitrogens with one attached hydrogen (secondary N) is 1. The molecule has 0 aliphatic heterocycles. The van der Waals surface area contributed by atoms with Crippen LogP contribution in [-0.2, 0) is 11.2 Å². The summed E-state index contributed by atoms with van der Waals surface area (Å²) < 4.78 is 10.9. The van der Waals surface area contributed by atoms with E-state index < -0.39 is 6.10 Å². The van der Waals surface area contributed by atoms with E-state index in [0.717, 1.165) is 18.7 Å². The van der Waals surface area contributed by atoms with Crippen molar-refractivity contribution >= 4 is 0 Å². The molecule has 4 heteroatoms. The summed E-state index contributed by atoms with van der Waals surface area (Å²) in [5, 5.41) is 13.3. The Hall–Kier alpha value is -1.10. The maximum absolute atomic E-state index is 9.75. The van der Waals surface area contributed by atoms with Gasteiger partial charge in [0, 0.05) is 12.6 Å². The lowest BCUT2D eigenvalue weighted by atomic mass is 9.87. The molecule has 2 atom stereocenters. The zero-order valence-electron chi connectivity index (χ0n) is 13.1. The van der Waals surface area contributed by atoms with E-state index in [4.69, 9.17) is 9.47 Å². The van der Waals surface area contributed by atoms with Gasteiger partial charge in [0.25, 0.3) is 0 Å². The molecule has 4 nitrogen and oxygen atoms in total. The molecule has 2 N–H and O–H groups in total. The Morgan fingerprint density at radius 2 is 2.19 bits per heavy atom. The molecule has 0 bridgehead atoms. The van der Waals surface area contributed by atoms with Gasteiger partial charge in [-0.05, 0) is 56.0 Å². The molecule has 1 aliphatic rings. The zero-order chi connectivity index (χ0) is 15.1. The van der Waals surface area contributed by atoms with Crippen LogP contribution in [0.1, 0.15) is 43.9 Å². The van der Waals surface area contributed by atoms with Crippen molar-refractivity contribution in [2.45, 2.75) is 45.3 Å². The predicted octanol–water partition coefficient (Wildman–Crippen LogP) is 2.45. The Kier molecular flexibility index (Phi) is 6.49. The number of aliphatic hydroxyl groups excluding tert-OH is 1. The van der Waals surface area contributed by atoms with Crippen LogP contribution in [0.5, 0.6) is 5.75 Å². The summed E-state index contributed by atoms with van der Waals surface area (Å²) in [5.41, 5.74) is 2.76. The zero-order valence-corrected chi connectivity index (χ0v) is 13.1. The highest BCUT2D eigenvalue weighted by molar-refractivity contribution is 5.39. The Morgan fingerprint density at radius 1 is 1.33 bits per heavy atom. The number of aliphatic hydroxyl groups is 1. The average molecular weight is 293 g/mol. The highest BCUT2D eigenvalue weighted by Gasteiger charge is 2.20. The Morgan fingerprint density at radius 3 is 2.95 bits per heavy atom. The molecule has 21 heavy (non-hydrogen) atoms. The smallest absolute Gasteiger partial charge is 0.119 e. The van der Waals surface area contributed by atoms with E-state index in [2.05, 4.69) is 24.4 Å². The molecule has 2 unspecified atom stereocenters. The summed E-state index contributed by atoms with van der Waals surface area (Å²) in [6.07, 6.45) is 2.98. The van der Waals surface area contributed by atoms with E-state index in [1.165, 1.54) is 24.0 Å². The lowest BCUT2D eigenvalue weighted by Crippen LogP contribution is -2.25. The normalized spacial score (nSPS) is 19.1. The molecule has 1 aliphatic carbocycles. The van der Waals surface area contributed by atoms with Crippen LogP contribution in [-0.4, -0.2) is 37.6 Å². The molecule has 0 aromatic heterocycles. The largest absolute Gasteiger partial charge is 0.491 e. The molecule has 118 valence electrons. The monoisotopic (exact) mass is 293 g/mol. The summed E-state index contributed by atoms with van der Waals surface area (Å²) in [5.74, 6) is 0.828. The van der Waals surface area contributed by atoms with Crippen molar-refractivity contribution in [3.8, 4) is 5.75 Å². The number of fused-ring (bicyclic) bond motifs is 1. The Bertz CT molecular complexity index is 436. The van der Waals surface area contributed by atoms with E-state index in [1.807, 2.05) is 13.0 Å². The summed E-state index contributed by atoms with van der Waals surface area (Å²) >= 11 is 0. The summed E-state index contributed by atoms with van der Waals surface area (Å²) in [7, 11) is 0. The third-order valence-corrected chi connectivity index (χ3v) is 3.84. The van der Waals surface area contributed by atoms with Crippen LogP contribution < -0.4 is 10.1 Å². The van der Waals surface area contributed by atoms with Gasteiger partial charge in [0.15, 0.2) is 0 Å². The van der Waals surface area contributed by atoms with Gasteiger partial charge in [-0.3, -0.25) is 0 Å². The van der Waals surface area contributed by atoms with Gasteiger partial charge in [-0.2, -0.15) is 0 Å². The van der Waals surface area contributed by atoms with Crippen molar-refractivity contribution in [1.29, 1.82) is 0 Å². The maximum Gasteiger partial charge on any atom is 0.119 e. The number of rotatable bonds is 8. The van der Waals surface area contributed by atoms with Gasteiger partial charge in [-0.15, -0.1) is 0 Å². The summed E-state index contributed by atoms with van der Waals surface area (Å²) in [4.78, 5) is 0. The number of hydrogen-bond acceptors (Lipinski definition) is 4. The first kappa shape index (κ1) is 16.3. The third kappa shape index (κ3) is 4.70. The van der Waals surface area contributed by atoms with E-state index in [9.17, 15) is 5.11 Å². The van der Waals surface area contributed by atoms with Crippen LogP contribution >= 0.6 is 0 Å². The fourth-order valence-corrected chi connectivity index (χ4v) is 2.82. The van der Waals surface area contributed by atoms with Crippen LogP contribution in [0.4, 0.5) is 0 Å². The number of hydrogen-bond donors (Lipinski definition) is 2. The van der Waals surface area contributed by atoms with Crippen LogP contribution in [0.2, 0.25) is 0 Å². The fourth-order valence-electron chi connectivity index (χ4n) is 2.82. The van der Waals surface area contributed by atoms with Crippen LogP contribution in [0.3, 0.4) is 0 Å². The second-order valence-electron chi connectivity index (χ2n) is 5.49. The molecule has 0 heterocycles. The summed E-state index contributed by atoms with van der Waals surface area (Å²) in [6, 6.07) is 6.70. The second-order valence-corrected chi connectivity index (χ2v) is 5.49. The molecule has 0 saturated heterocycles. The highest BCUT2D eigenvalue weighted by atomic mass is 16.5. The van der Waals surface area contributed by atoms with Crippen molar-refractivity contribution in [1.82, 2.24) is 5.32 Å². The molecule has 0 saturated carbocycles. The minimum absolute atomic E-state index is 0.269. The first-order chi connectivity index (χ1) is 10.2. The van der Waals surface area contributed by atoms with E-state index >= 15 is 0 Å². The van der Waals surface area contributed by atoms with Crippen molar-refractivity contribution in [2.24, 2.45) is 0 Å². The topological polar surface area (TPSA) is 50.7 Å². The van der Waals surface area contributed by atoms with Gasteiger partial charge in [0.05, 0.1) is 6.61 Å². The average Bonchev–Trinajstić information content (AvgIpc) is 2.51. The molecule has 0 spiro atoms. The molecule has 2 rings (SSSR count). The van der Waals surface area contributed by atoms with Gasteiger partial charge >= 0.3 is 0 Å². The van der Waals surface area contributed by atoms with E-state index in [-0.39, 0.29) is 6.61 Å². The van der Waals surface area contributed by atoms with Crippen molar-refractivity contribution in [2.75, 3.05) is 26.4 Å². The van der Waals surface area contributed by atoms with E-state index in [0.29, 0.717) is 19.3 Å². The maximum atomic E-state index is 9.75. The number of ether oxygens (including phenoxy) is 2. The Balaban J connectivity index is 1.97. The minimum Gasteiger partial charge on any atom is -0.491 e. The highest BCUT2D eigenvalue weighted by Crippen LogP contribution is 2.32. The number of benzene rings is 1. The summed E-state index contributed by atoms with van der Waals surface area (Å²) in [6.45, 7) is 6.23. The SMILES string of the molecule is CCNC1CCCc2ccc(OCC(O)COCC)cc21. The van der Waals surface area contributed by atoms with Gasteiger partial charge in [0.1, 0.15) is 18.5 Å². The van der Waals surface area contributed by atoms with Crippen molar-refractivity contribution in [3.05, 3.63) is 29.3 Å².